The van der Waals surface area contributed by atoms with E-state index in [0.717, 1.165) is 16.9 Å². The van der Waals surface area contributed by atoms with E-state index in [0.29, 0.717) is 12.1 Å². The van der Waals surface area contributed by atoms with Crippen LogP contribution in [0.4, 0.5) is 0 Å². The molecule has 3 aromatic rings. The van der Waals surface area contributed by atoms with E-state index in [4.69, 9.17) is 4.74 Å². The number of benzene rings is 2. The van der Waals surface area contributed by atoms with Gasteiger partial charge in [0.1, 0.15) is 5.75 Å². The summed E-state index contributed by atoms with van der Waals surface area (Å²) in [6.07, 6.45) is 5.18. The molecule has 0 aliphatic heterocycles. The third-order valence-electron chi connectivity index (χ3n) is 3.57. The molecule has 0 saturated heterocycles. The van der Waals surface area contributed by atoms with E-state index in [1.807, 2.05) is 54.7 Å². The predicted molar refractivity (Wildman–Crippen MR) is 95.8 cm³/mol. The van der Waals surface area contributed by atoms with Crippen molar-refractivity contribution in [2.45, 2.75) is 6.54 Å². The van der Waals surface area contributed by atoms with Gasteiger partial charge in [0.05, 0.1) is 19.9 Å². The summed E-state index contributed by atoms with van der Waals surface area (Å²) in [6.45, 7) is 0.612. The molecular formula is C19H18N4O2. The topological polar surface area (TPSA) is 68.5 Å². The average Bonchev–Trinajstić information content (AvgIpc) is 3.15. The number of carbonyl (C=O) groups is 1. The molecule has 0 atom stereocenters. The Balaban J connectivity index is 1.63. The number of ether oxygens (including phenoxy) is 1. The second-order valence-corrected chi connectivity index (χ2v) is 5.38. The van der Waals surface area contributed by atoms with Gasteiger partial charge in [0.15, 0.2) is 0 Å². The van der Waals surface area contributed by atoms with E-state index in [1.165, 1.54) is 0 Å². The van der Waals surface area contributed by atoms with Gasteiger partial charge < -0.3 is 4.74 Å². The van der Waals surface area contributed by atoms with Crippen molar-refractivity contribution in [1.82, 2.24) is 15.2 Å². The normalized spacial score (nSPS) is 10.8. The van der Waals surface area contributed by atoms with Crippen molar-refractivity contribution in [3.8, 4) is 5.75 Å². The Morgan fingerprint density at radius 3 is 2.92 bits per heavy atom. The summed E-state index contributed by atoms with van der Waals surface area (Å²) in [5.74, 6) is 0.475. The van der Waals surface area contributed by atoms with Gasteiger partial charge in [-0.15, -0.1) is 0 Å². The van der Waals surface area contributed by atoms with E-state index in [-0.39, 0.29) is 5.91 Å². The first-order valence-electron chi connectivity index (χ1n) is 7.78. The third kappa shape index (κ3) is 4.54. The van der Waals surface area contributed by atoms with Crippen molar-refractivity contribution in [2.75, 3.05) is 7.11 Å². The van der Waals surface area contributed by atoms with E-state index < -0.39 is 0 Å². The van der Waals surface area contributed by atoms with Crippen molar-refractivity contribution in [3.05, 3.63) is 83.7 Å². The molecule has 0 unspecified atom stereocenters. The second kappa shape index (κ2) is 7.92. The molecule has 0 spiro atoms. The number of hydrazone groups is 1. The Kier molecular flexibility index (Phi) is 5.21. The highest BCUT2D eigenvalue weighted by atomic mass is 16.5. The fourth-order valence-electron chi connectivity index (χ4n) is 2.34. The molecule has 25 heavy (non-hydrogen) atoms. The molecule has 6 heteroatoms. The van der Waals surface area contributed by atoms with Gasteiger partial charge in [-0.05, 0) is 41.5 Å². The molecule has 6 nitrogen and oxygen atoms in total. The SMILES string of the molecule is COc1cccc(C=NNC(=O)c2cccc(Cn3cccn3)c2)c1. The lowest BCUT2D eigenvalue weighted by Crippen LogP contribution is -2.18. The molecule has 0 radical (unpaired) electrons. The highest BCUT2D eigenvalue weighted by Crippen LogP contribution is 2.11. The molecule has 1 N–H and O–H groups in total. The Labute approximate surface area is 145 Å². The summed E-state index contributed by atoms with van der Waals surface area (Å²) in [4.78, 5) is 12.2. The van der Waals surface area contributed by atoms with Gasteiger partial charge in [-0.1, -0.05) is 24.3 Å². The zero-order chi connectivity index (χ0) is 17.5. The molecule has 1 heterocycles. The molecule has 0 aliphatic carbocycles. The maximum absolute atomic E-state index is 12.2. The molecule has 1 aromatic heterocycles. The molecule has 1 amide bonds. The van der Waals surface area contributed by atoms with Crippen molar-refractivity contribution in [3.63, 3.8) is 0 Å². The van der Waals surface area contributed by atoms with Crippen LogP contribution in [0, 0.1) is 0 Å². The van der Waals surface area contributed by atoms with Crippen molar-refractivity contribution in [2.24, 2.45) is 5.10 Å². The number of amides is 1. The van der Waals surface area contributed by atoms with Gasteiger partial charge in [0.25, 0.3) is 5.91 Å². The number of rotatable bonds is 6. The molecule has 0 aliphatic rings. The van der Waals surface area contributed by atoms with Gasteiger partial charge in [-0.25, -0.2) is 5.43 Å². The van der Waals surface area contributed by atoms with Gasteiger partial charge in [-0.3, -0.25) is 9.48 Å². The first kappa shape index (κ1) is 16.4. The molecule has 3 rings (SSSR count). The summed E-state index contributed by atoms with van der Waals surface area (Å²) in [6, 6.07) is 16.7. The van der Waals surface area contributed by atoms with Crippen LogP contribution in [0.25, 0.3) is 0 Å². The Bertz CT molecular complexity index is 873. The summed E-state index contributed by atoms with van der Waals surface area (Å²) < 4.78 is 6.96. The Morgan fingerprint density at radius 1 is 1.24 bits per heavy atom. The zero-order valence-corrected chi connectivity index (χ0v) is 13.8. The second-order valence-electron chi connectivity index (χ2n) is 5.38. The predicted octanol–water partition coefficient (Wildman–Crippen LogP) is 2.70. The van der Waals surface area contributed by atoms with Gasteiger partial charge in [0, 0.05) is 18.0 Å². The maximum Gasteiger partial charge on any atom is 0.271 e. The summed E-state index contributed by atoms with van der Waals surface area (Å²) in [7, 11) is 1.61. The lowest BCUT2D eigenvalue weighted by molar-refractivity contribution is 0.0955. The van der Waals surface area contributed by atoms with Gasteiger partial charge >= 0.3 is 0 Å². The monoisotopic (exact) mass is 334 g/mol. The quantitative estimate of drug-likeness (QED) is 0.557. The molecule has 2 aromatic carbocycles. The van der Waals surface area contributed by atoms with Crippen molar-refractivity contribution >= 4 is 12.1 Å². The minimum Gasteiger partial charge on any atom is -0.497 e. The molecule has 126 valence electrons. The van der Waals surface area contributed by atoms with Crippen LogP contribution >= 0.6 is 0 Å². The fraction of sp³-hybridized carbons (Fsp3) is 0.105. The summed E-state index contributed by atoms with van der Waals surface area (Å²) in [5.41, 5.74) is 4.92. The molecular weight excluding hydrogens is 316 g/mol. The molecule has 0 saturated carbocycles. The van der Waals surface area contributed by atoms with E-state index in [2.05, 4.69) is 15.6 Å². The number of carbonyl (C=O) groups excluding carboxylic acids is 1. The van der Waals surface area contributed by atoms with Crippen LogP contribution in [-0.4, -0.2) is 29.0 Å². The number of aromatic nitrogens is 2. The van der Waals surface area contributed by atoms with Crippen LogP contribution in [-0.2, 0) is 6.54 Å². The number of nitrogens with one attached hydrogen (secondary N) is 1. The van der Waals surface area contributed by atoms with Crippen LogP contribution in [0.5, 0.6) is 5.75 Å². The third-order valence-corrected chi connectivity index (χ3v) is 3.57. The van der Waals surface area contributed by atoms with Crippen LogP contribution < -0.4 is 10.2 Å². The Hall–Kier alpha value is -3.41. The number of nitrogens with zero attached hydrogens (tertiary/aromatic N) is 3. The highest BCUT2D eigenvalue weighted by molar-refractivity contribution is 5.95. The highest BCUT2D eigenvalue weighted by Gasteiger charge is 2.05. The summed E-state index contributed by atoms with van der Waals surface area (Å²) >= 11 is 0. The van der Waals surface area contributed by atoms with E-state index in [9.17, 15) is 4.79 Å². The van der Waals surface area contributed by atoms with E-state index >= 15 is 0 Å². The minimum atomic E-state index is -0.263. The lowest BCUT2D eigenvalue weighted by atomic mass is 10.1. The van der Waals surface area contributed by atoms with Crippen molar-refractivity contribution < 1.29 is 9.53 Å². The summed E-state index contributed by atoms with van der Waals surface area (Å²) in [5, 5.41) is 8.17. The molecule has 0 fully saturated rings. The molecule has 0 bridgehead atoms. The fourth-order valence-corrected chi connectivity index (χ4v) is 2.34. The first-order valence-corrected chi connectivity index (χ1v) is 7.78. The van der Waals surface area contributed by atoms with E-state index in [1.54, 1.807) is 30.3 Å². The van der Waals surface area contributed by atoms with Gasteiger partial charge in [0.2, 0.25) is 0 Å². The standard InChI is InChI=1S/C19H18N4O2/c1-25-18-8-3-5-15(12-18)13-20-22-19(24)17-7-2-6-16(11-17)14-23-10-4-9-21-23/h2-13H,14H2,1H3,(H,22,24). The van der Waals surface area contributed by atoms with Crippen LogP contribution in [0.3, 0.4) is 0 Å². The Morgan fingerprint density at radius 2 is 2.12 bits per heavy atom. The maximum atomic E-state index is 12.2. The number of hydrogen-bond donors (Lipinski definition) is 1. The zero-order valence-electron chi connectivity index (χ0n) is 13.8. The van der Waals surface area contributed by atoms with Crippen LogP contribution in [0.15, 0.2) is 72.1 Å². The van der Waals surface area contributed by atoms with Gasteiger partial charge in [-0.2, -0.15) is 10.2 Å². The number of methoxy groups -OCH3 is 1. The number of hydrogen-bond acceptors (Lipinski definition) is 4. The first-order chi connectivity index (χ1) is 12.2. The largest absolute Gasteiger partial charge is 0.497 e. The lowest BCUT2D eigenvalue weighted by Gasteiger charge is -2.05. The van der Waals surface area contributed by atoms with Crippen LogP contribution in [0.2, 0.25) is 0 Å². The van der Waals surface area contributed by atoms with Crippen molar-refractivity contribution in [1.29, 1.82) is 0 Å². The minimum absolute atomic E-state index is 0.263. The smallest absolute Gasteiger partial charge is 0.271 e. The average molecular weight is 334 g/mol. The van der Waals surface area contributed by atoms with Crippen LogP contribution in [0.1, 0.15) is 21.5 Å².